The van der Waals surface area contributed by atoms with Crippen LogP contribution in [0.1, 0.15) is 21.6 Å². The molecule has 148 valence electrons. The van der Waals surface area contributed by atoms with Gasteiger partial charge in [0.1, 0.15) is 11.6 Å². The summed E-state index contributed by atoms with van der Waals surface area (Å²) >= 11 is 0. The first kappa shape index (κ1) is 19.5. The molecule has 1 aliphatic rings. The zero-order chi connectivity index (χ0) is 21.9. The highest BCUT2D eigenvalue weighted by atomic mass is 19.1. The number of pyridine rings is 1. The van der Waals surface area contributed by atoms with E-state index < -0.39 is 22.9 Å². The molecule has 5 nitrogen and oxygen atoms in total. The molecule has 0 N–H and O–H groups in total. The molecule has 0 saturated carbocycles. The zero-order valence-corrected chi connectivity index (χ0v) is 16.5. The van der Waals surface area contributed by atoms with Crippen LogP contribution in [0.4, 0.5) is 8.78 Å². The summed E-state index contributed by atoms with van der Waals surface area (Å²) in [5.41, 5.74) is 2.26. The van der Waals surface area contributed by atoms with Crippen molar-refractivity contribution in [1.29, 1.82) is 0 Å². The number of carbonyl (C=O) groups excluding carboxylic acids is 1. The topological polar surface area (TPSA) is 51.0 Å². The molecule has 1 amide bonds. The molecule has 0 atom stereocenters. The van der Waals surface area contributed by atoms with E-state index in [1.807, 2.05) is 0 Å². The molecule has 31 heavy (non-hydrogen) atoms. The third-order valence-corrected chi connectivity index (χ3v) is 5.51. The normalized spacial score (nSPS) is 14.9. The van der Waals surface area contributed by atoms with Crippen molar-refractivity contribution in [2.45, 2.75) is 11.9 Å². The average Bonchev–Trinajstić information content (AvgIpc) is 3.19. The van der Waals surface area contributed by atoms with E-state index in [1.54, 1.807) is 36.1 Å². The molecule has 4 aromatic rings. The summed E-state index contributed by atoms with van der Waals surface area (Å²) in [5.74, 6) is -1.44. The third kappa shape index (κ3) is 3.03. The van der Waals surface area contributed by atoms with Crippen LogP contribution in [0.2, 0.25) is 0 Å². The lowest BCUT2D eigenvalue weighted by atomic mass is 9.59. The number of carbonyl (C=O) groups is 1. The Labute approximate surface area is 179 Å². The van der Waals surface area contributed by atoms with Crippen LogP contribution in [0.25, 0.3) is 22.0 Å². The Morgan fingerprint density at radius 3 is 2.65 bits per heavy atom. The summed E-state index contributed by atoms with van der Waals surface area (Å²) < 4.78 is 30.7. The van der Waals surface area contributed by atoms with Crippen LogP contribution in [0.5, 0.6) is 0 Å². The van der Waals surface area contributed by atoms with Crippen molar-refractivity contribution in [3.63, 3.8) is 0 Å². The molecule has 4 radical (unpaired) electrons. The standard InChI is InChI=1S/C22H14B2F2N4O/c1-29-11-17-16(8-14(25)9-19(17)28-29)12-4-5-13(18(26)7-12)10-30-21(31)15-3-2-6-27-20(15)22(30,23)24/h2-9,11H,10H2,1H3. The van der Waals surface area contributed by atoms with Crippen molar-refractivity contribution < 1.29 is 13.6 Å². The molecule has 9 heteroatoms. The first-order chi connectivity index (χ1) is 14.8. The molecular weight excluding hydrogens is 396 g/mol. The summed E-state index contributed by atoms with van der Waals surface area (Å²) in [6, 6.07) is 10.4. The Kier molecular flexibility index (Phi) is 4.25. The highest BCUT2D eigenvalue weighted by molar-refractivity contribution is 6.42. The molecular formula is C22H14B2F2N4O. The van der Waals surface area contributed by atoms with Gasteiger partial charge in [-0.1, -0.05) is 12.1 Å². The maximum Gasteiger partial charge on any atom is 0.255 e. The van der Waals surface area contributed by atoms with Gasteiger partial charge in [0.05, 0.1) is 32.5 Å². The lowest BCUT2D eigenvalue weighted by Crippen LogP contribution is -2.44. The Hall–Kier alpha value is -3.48. The van der Waals surface area contributed by atoms with Crippen molar-refractivity contribution in [1.82, 2.24) is 19.7 Å². The van der Waals surface area contributed by atoms with Crippen LogP contribution < -0.4 is 0 Å². The zero-order valence-electron chi connectivity index (χ0n) is 16.5. The summed E-state index contributed by atoms with van der Waals surface area (Å²) in [7, 11) is 14.1. The molecule has 0 spiro atoms. The van der Waals surface area contributed by atoms with E-state index in [1.165, 1.54) is 35.4 Å². The number of nitrogens with zero attached hydrogens (tertiary/aromatic N) is 4. The molecule has 2 aromatic carbocycles. The summed E-state index contributed by atoms with van der Waals surface area (Å²) in [6.07, 6.45) is 3.25. The van der Waals surface area contributed by atoms with Crippen molar-refractivity contribution in [2.24, 2.45) is 7.05 Å². The first-order valence-corrected chi connectivity index (χ1v) is 9.52. The number of hydrogen-bond acceptors (Lipinski definition) is 3. The second kappa shape index (κ2) is 6.77. The molecule has 1 aliphatic heterocycles. The number of aromatic nitrogens is 3. The number of hydrogen-bond donors (Lipinski definition) is 0. The minimum atomic E-state index is -1.65. The maximum absolute atomic E-state index is 15.1. The second-order valence-corrected chi connectivity index (χ2v) is 7.61. The Morgan fingerprint density at radius 1 is 1.10 bits per heavy atom. The van der Waals surface area contributed by atoms with Crippen molar-refractivity contribution in [3.8, 4) is 11.1 Å². The van der Waals surface area contributed by atoms with Gasteiger partial charge in [0.25, 0.3) is 5.91 Å². The fourth-order valence-corrected chi connectivity index (χ4v) is 4.00. The predicted molar refractivity (Wildman–Crippen MR) is 113 cm³/mol. The second-order valence-electron chi connectivity index (χ2n) is 7.61. The van der Waals surface area contributed by atoms with Crippen LogP contribution in [0.3, 0.4) is 0 Å². The van der Waals surface area contributed by atoms with Gasteiger partial charge in [-0.15, -0.1) is 0 Å². The van der Waals surface area contributed by atoms with Crippen LogP contribution in [-0.4, -0.2) is 41.3 Å². The molecule has 0 aliphatic carbocycles. The SMILES string of the molecule is [B]C1([B])c2ncccc2C(=O)N1Cc1ccc(-c2cc(F)cc3nn(C)cc23)cc1F. The van der Waals surface area contributed by atoms with Crippen LogP contribution in [0.15, 0.2) is 54.9 Å². The quantitative estimate of drug-likeness (QED) is 0.489. The maximum atomic E-state index is 15.1. The predicted octanol–water partition coefficient (Wildman–Crippen LogP) is 3.02. The Balaban J connectivity index is 1.51. The van der Waals surface area contributed by atoms with Gasteiger partial charge in [-0.25, -0.2) is 8.78 Å². The minimum absolute atomic E-state index is 0.139. The molecule has 0 bridgehead atoms. The van der Waals surface area contributed by atoms with E-state index in [0.717, 1.165) is 0 Å². The fourth-order valence-electron chi connectivity index (χ4n) is 4.00. The van der Waals surface area contributed by atoms with Crippen LogP contribution in [0, 0.1) is 11.6 Å². The van der Waals surface area contributed by atoms with E-state index in [0.29, 0.717) is 27.6 Å². The summed E-state index contributed by atoms with van der Waals surface area (Å²) in [4.78, 5) is 18.1. The van der Waals surface area contributed by atoms with Gasteiger partial charge in [0.2, 0.25) is 0 Å². The van der Waals surface area contributed by atoms with Gasteiger partial charge in [0.15, 0.2) is 0 Å². The lowest BCUT2D eigenvalue weighted by molar-refractivity contribution is 0.0729. The lowest BCUT2D eigenvalue weighted by Gasteiger charge is -2.33. The number of halogens is 2. The van der Waals surface area contributed by atoms with Gasteiger partial charge in [-0.05, 0) is 35.4 Å². The van der Waals surface area contributed by atoms with E-state index in [4.69, 9.17) is 15.7 Å². The van der Waals surface area contributed by atoms with E-state index >= 15 is 4.39 Å². The van der Waals surface area contributed by atoms with E-state index in [-0.39, 0.29) is 17.8 Å². The summed E-state index contributed by atoms with van der Waals surface area (Å²) in [6.45, 7) is -0.139. The van der Waals surface area contributed by atoms with Gasteiger partial charge >= 0.3 is 0 Å². The molecule has 5 rings (SSSR count). The Bertz CT molecular complexity index is 1370. The van der Waals surface area contributed by atoms with Crippen molar-refractivity contribution >= 4 is 32.5 Å². The molecule has 0 fully saturated rings. The highest BCUT2D eigenvalue weighted by Gasteiger charge is 2.43. The number of benzene rings is 2. The van der Waals surface area contributed by atoms with Gasteiger partial charge in [-0.3, -0.25) is 14.5 Å². The molecule has 0 unspecified atom stereocenters. The van der Waals surface area contributed by atoms with Gasteiger partial charge < -0.3 is 4.90 Å². The average molecular weight is 410 g/mol. The van der Waals surface area contributed by atoms with Gasteiger partial charge in [-0.2, -0.15) is 5.10 Å². The number of aryl methyl sites for hydroxylation is 1. The largest absolute Gasteiger partial charge is 0.340 e. The summed E-state index contributed by atoms with van der Waals surface area (Å²) in [5, 5.41) is 3.27. The minimum Gasteiger partial charge on any atom is -0.340 e. The van der Waals surface area contributed by atoms with Crippen molar-refractivity contribution in [3.05, 3.63) is 83.3 Å². The smallest absolute Gasteiger partial charge is 0.255 e. The highest BCUT2D eigenvalue weighted by Crippen LogP contribution is 2.35. The monoisotopic (exact) mass is 410 g/mol. The van der Waals surface area contributed by atoms with Gasteiger partial charge in [0, 0.05) is 48.3 Å². The van der Waals surface area contributed by atoms with Crippen LogP contribution in [-0.2, 0) is 18.9 Å². The number of rotatable bonds is 3. The number of amides is 1. The molecule has 3 heterocycles. The Morgan fingerprint density at radius 2 is 1.90 bits per heavy atom. The molecule has 0 saturated heterocycles. The van der Waals surface area contributed by atoms with E-state index in [2.05, 4.69) is 10.1 Å². The third-order valence-electron chi connectivity index (χ3n) is 5.51. The van der Waals surface area contributed by atoms with E-state index in [9.17, 15) is 9.18 Å². The van der Waals surface area contributed by atoms with Crippen LogP contribution >= 0.6 is 0 Å². The fraction of sp³-hybridized carbons (Fsp3) is 0.136. The number of fused-ring (bicyclic) bond motifs is 2. The van der Waals surface area contributed by atoms with Crippen molar-refractivity contribution in [2.75, 3.05) is 0 Å². The molecule has 2 aromatic heterocycles. The first-order valence-electron chi connectivity index (χ1n) is 9.52.